The molecule has 0 aliphatic rings. The van der Waals surface area contributed by atoms with Crippen LogP contribution < -0.4 is 9.47 Å². The molecule has 0 aliphatic heterocycles. The molecular formula is C24H22Cl2N2O5. The number of aromatic nitrogens is 2. The molecule has 0 bridgehead atoms. The van der Waals surface area contributed by atoms with Crippen molar-refractivity contribution < 1.29 is 23.7 Å². The number of pyridine rings is 1. The summed E-state index contributed by atoms with van der Waals surface area (Å²) in [5, 5.41) is 2.36. The predicted octanol–water partition coefficient (Wildman–Crippen LogP) is 7.28. The second kappa shape index (κ2) is 9.09. The number of nitrogens with one attached hydrogen (secondary N) is 1. The van der Waals surface area contributed by atoms with Crippen molar-refractivity contribution in [2.24, 2.45) is 0 Å². The normalized spacial score (nSPS) is 11.7. The second-order valence-corrected chi connectivity index (χ2v) is 9.10. The first-order valence-corrected chi connectivity index (χ1v) is 10.9. The van der Waals surface area contributed by atoms with Gasteiger partial charge >= 0.3 is 6.16 Å². The molecule has 0 saturated carbocycles. The second-order valence-electron chi connectivity index (χ2n) is 8.32. The summed E-state index contributed by atoms with van der Waals surface area (Å²) in [6.45, 7) is 5.44. The van der Waals surface area contributed by atoms with Crippen molar-refractivity contribution in [2.45, 2.75) is 33.0 Å². The summed E-state index contributed by atoms with van der Waals surface area (Å²) in [6, 6.07) is 10.7. The maximum absolute atomic E-state index is 12.3. The minimum absolute atomic E-state index is 0.115. The number of carbonyl (C=O) groups is 1. The van der Waals surface area contributed by atoms with E-state index in [1.54, 1.807) is 52.3 Å². The van der Waals surface area contributed by atoms with Crippen LogP contribution in [0.3, 0.4) is 0 Å². The Morgan fingerprint density at radius 2 is 1.91 bits per heavy atom. The fourth-order valence-corrected chi connectivity index (χ4v) is 3.72. The van der Waals surface area contributed by atoms with E-state index in [-0.39, 0.29) is 12.5 Å². The average Bonchev–Trinajstić information content (AvgIpc) is 3.10. The summed E-state index contributed by atoms with van der Waals surface area (Å²) in [5.41, 5.74) is 1.51. The summed E-state index contributed by atoms with van der Waals surface area (Å²) in [4.78, 5) is 19.9. The zero-order chi connectivity index (χ0) is 23.8. The Hall–Kier alpha value is -3.00. The summed E-state index contributed by atoms with van der Waals surface area (Å²) >= 11 is 12.4. The van der Waals surface area contributed by atoms with Gasteiger partial charge in [0.15, 0.2) is 0 Å². The van der Waals surface area contributed by atoms with Gasteiger partial charge in [0.2, 0.25) is 5.88 Å². The third kappa shape index (κ3) is 5.00. The van der Waals surface area contributed by atoms with Crippen molar-refractivity contribution in [1.82, 2.24) is 9.97 Å². The highest BCUT2D eigenvalue weighted by atomic mass is 35.5. The molecule has 2 aromatic heterocycles. The van der Waals surface area contributed by atoms with Crippen molar-refractivity contribution in [2.75, 3.05) is 7.11 Å². The van der Waals surface area contributed by atoms with Crippen LogP contribution in [0.15, 0.2) is 42.6 Å². The molecule has 0 radical (unpaired) electrons. The Morgan fingerprint density at radius 1 is 1.12 bits per heavy atom. The fourth-order valence-electron chi connectivity index (χ4n) is 3.39. The largest absolute Gasteiger partial charge is 0.515 e. The van der Waals surface area contributed by atoms with E-state index < -0.39 is 11.8 Å². The van der Waals surface area contributed by atoms with Gasteiger partial charge < -0.3 is 23.9 Å². The standard InChI is InChI=1S/C24H22Cl2N2O5/c1-24(2,3)33-23(29)32-22-15(12-30-4)20-14-10-13(8-9-17(14)28-18(20)11-27-22)31-19-7-5-6-16(25)21(19)26/h5-11,28H,12H2,1-4H3. The molecule has 0 saturated heterocycles. The van der Waals surface area contributed by atoms with Crippen LogP contribution in [0.2, 0.25) is 10.0 Å². The number of methoxy groups -OCH3 is 1. The number of carbonyl (C=O) groups excluding carboxylic acids is 1. The smallest absolute Gasteiger partial charge is 0.456 e. The number of benzene rings is 2. The highest BCUT2D eigenvalue weighted by Gasteiger charge is 2.22. The first-order valence-electron chi connectivity index (χ1n) is 10.1. The number of nitrogens with zero attached hydrogens (tertiary/aromatic N) is 1. The zero-order valence-electron chi connectivity index (χ0n) is 18.5. The number of hydrogen-bond donors (Lipinski definition) is 1. The van der Waals surface area contributed by atoms with E-state index in [1.807, 2.05) is 18.2 Å². The molecule has 0 atom stereocenters. The van der Waals surface area contributed by atoms with E-state index in [9.17, 15) is 4.79 Å². The molecule has 0 unspecified atom stereocenters. The zero-order valence-corrected chi connectivity index (χ0v) is 20.0. The van der Waals surface area contributed by atoms with E-state index in [0.29, 0.717) is 27.1 Å². The molecule has 172 valence electrons. The van der Waals surface area contributed by atoms with Crippen LogP contribution in [-0.4, -0.2) is 28.8 Å². The van der Waals surface area contributed by atoms with E-state index in [0.717, 1.165) is 21.8 Å². The molecule has 2 heterocycles. The van der Waals surface area contributed by atoms with Gasteiger partial charge in [-0.25, -0.2) is 9.78 Å². The van der Waals surface area contributed by atoms with Gasteiger partial charge in [-0.1, -0.05) is 29.3 Å². The lowest BCUT2D eigenvalue weighted by molar-refractivity contribution is 0.0192. The highest BCUT2D eigenvalue weighted by Crippen LogP contribution is 2.38. The van der Waals surface area contributed by atoms with Gasteiger partial charge in [0, 0.05) is 23.4 Å². The molecule has 9 heteroatoms. The Kier molecular flexibility index (Phi) is 6.38. The van der Waals surface area contributed by atoms with Gasteiger partial charge in [0.05, 0.1) is 28.9 Å². The van der Waals surface area contributed by atoms with E-state index in [4.69, 9.17) is 42.1 Å². The van der Waals surface area contributed by atoms with Gasteiger partial charge in [0.25, 0.3) is 0 Å². The Balaban J connectivity index is 1.79. The Bertz CT molecular complexity index is 1340. The number of fused-ring (bicyclic) bond motifs is 3. The van der Waals surface area contributed by atoms with Gasteiger partial charge in [-0.05, 0) is 51.1 Å². The summed E-state index contributed by atoms with van der Waals surface area (Å²) in [5.74, 6) is 1.11. The predicted molar refractivity (Wildman–Crippen MR) is 128 cm³/mol. The molecule has 2 aromatic carbocycles. The lowest BCUT2D eigenvalue weighted by Gasteiger charge is -2.19. The quantitative estimate of drug-likeness (QED) is 0.297. The topological polar surface area (TPSA) is 82.7 Å². The van der Waals surface area contributed by atoms with Gasteiger partial charge in [0.1, 0.15) is 22.1 Å². The number of hydrogen-bond acceptors (Lipinski definition) is 6. The van der Waals surface area contributed by atoms with E-state index in [2.05, 4.69) is 9.97 Å². The number of H-pyrrole nitrogens is 1. The summed E-state index contributed by atoms with van der Waals surface area (Å²) < 4.78 is 22.1. The average molecular weight is 489 g/mol. The molecule has 4 rings (SSSR count). The number of ether oxygens (including phenoxy) is 4. The van der Waals surface area contributed by atoms with Gasteiger partial charge in [-0.3, -0.25) is 0 Å². The van der Waals surface area contributed by atoms with Crippen molar-refractivity contribution in [1.29, 1.82) is 0 Å². The Labute approximate surface area is 200 Å². The summed E-state index contributed by atoms with van der Waals surface area (Å²) in [6.07, 6.45) is 0.758. The molecule has 1 N–H and O–H groups in total. The van der Waals surface area contributed by atoms with Crippen LogP contribution in [0.5, 0.6) is 17.4 Å². The van der Waals surface area contributed by atoms with Crippen molar-refractivity contribution in [3.05, 3.63) is 58.2 Å². The van der Waals surface area contributed by atoms with Crippen LogP contribution in [-0.2, 0) is 16.1 Å². The van der Waals surface area contributed by atoms with E-state index in [1.165, 1.54) is 0 Å². The van der Waals surface area contributed by atoms with Crippen LogP contribution in [0.1, 0.15) is 26.3 Å². The Morgan fingerprint density at radius 3 is 2.64 bits per heavy atom. The van der Waals surface area contributed by atoms with Crippen molar-refractivity contribution >= 4 is 51.2 Å². The van der Waals surface area contributed by atoms with Crippen LogP contribution in [0.4, 0.5) is 4.79 Å². The molecule has 33 heavy (non-hydrogen) atoms. The lowest BCUT2D eigenvalue weighted by Crippen LogP contribution is -2.26. The maximum atomic E-state index is 12.3. The number of rotatable bonds is 5. The monoisotopic (exact) mass is 488 g/mol. The molecule has 0 fully saturated rings. The molecular weight excluding hydrogens is 467 g/mol. The van der Waals surface area contributed by atoms with Crippen molar-refractivity contribution in [3.8, 4) is 17.4 Å². The third-order valence-corrected chi connectivity index (χ3v) is 5.47. The van der Waals surface area contributed by atoms with E-state index >= 15 is 0 Å². The fraction of sp³-hybridized carbons (Fsp3) is 0.250. The highest BCUT2D eigenvalue weighted by molar-refractivity contribution is 6.42. The molecule has 7 nitrogen and oxygen atoms in total. The van der Waals surface area contributed by atoms with Crippen LogP contribution in [0, 0.1) is 0 Å². The maximum Gasteiger partial charge on any atom is 0.515 e. The van der Waals surface area contributed by atoms with Crippen LogP contribution in [0.25, 0.3) is 21.8 Å². The van der Waals surface area contributed by atoms with Gasteiger partial charge in [-0.2, -0.15) is 0 Å². The minimum Gasteiger partial charge on any atom is -0.456 e. The number of halogens is 2. The van der Waals surface area contributed by atoms with Gasteiger partial charge in [-0.15, -0.1) is 0 Å². The van der Waals surface area contributed by atoms with Crippen molar-refractivity contribution in [3.63, 3.8) is 0 Å². The summed E-state index contributed by atoms with van der Waals surface area (Å²) in [7, 11) is 1.56. The number of aromatic amines is 1. The third-order valence-electron chi connectivity index (χ3n) is 4.67. The molecule has 0 spiro atoms. The van der Waals surface area contributed by atoms with Crippen LogP contribution >= 0.6 is 23.2 Å². The first-order chi connectivity index (χ1) is 15.7. The first kappa shape index (κ1) is 23.2. The molecule has 0 aliphatic carbocycles. The minimum atomic E-state index is -0.842. The lowest BCUT2D eigenvalue weighted by atomic mass is 10.1. The molecule has 4 aromatic rings. The molecule has 0 amide bonds. The SMILES string of the molecule is COCc1c(OC(=O)OC(C)(C)C)ncc2[nH]c3ccc(Oc4cccc(Cl)c4Cl)cc3c12.